The molecule has 0 atom stereocenters. The van der Waals surface area contributed by atoms with Gasteiger partial charge in [0.15, 0.2) is 5.69 Å². The zero-order valence-corrected chi connectivity index (χ0v) is 11.3. The van der Waals surface area contributed by atoms with Gasteiger partial charge in [-0.2, -0.15) is 5.10 Å². The van der Waals surface area contributed by atoms with Crippen LogP contribution in [0.15, 0.2) is 6.07 Å². The minimum Gasteiger partial charge on any atom is -0.330 e. The average Bonchev–Trinajstić information content (AvgIpc) is 2.70. The molecule has 0 aliphatic carbocycles. The largest absolute Gasteiger partial charge is 0.330 e. The van der Waals surface area contributed by atoms with Crippen LogP contribution in [0.2, 0.25) is 0 Å². The second-order valence-electron chi connectivity index (χ2n) is 5.32. The van der Waals surface area contributed by atoms with Gasteiger partial charge in [0.05, 0.1) is 5.54 Å². The van der Waals surface area contributed by atoms with Gasteiger partial charge in [-0.25, -0.2) is 8.78 Å². The fourth-order valence-corrected chi connectivity index (χ4v) is 2.29. The molecule has 7 heteroatoms. The summed E-state index contributed by atoms with van der Waals surface area (Å²) in [5.41, 5.74) is -0.512. The van der Waals surface area contributed by atoms with Crippen LogP contribution in [-0.2, 0) is 7.05 Å². The summed E-state index contributed by atoms with van der Waals surface area (Å²) >= 11 is 0. The van der Waals surface area contributed by atoms with Gasteiger partial charge in [0.1, 0.15) is 5.69 Å². The van der Waals surface area contributed by atoms with Crippen LogP contribution < -0.4 is 5.32 Å². The number of aromatic nitrogens is 2. The van der Waals surface area contributed by atoms with Gasteiger partial charge >= 0.3 is 0 Å². The number of carbonyl (C=O) groups excluding carboxylic acids is 1. The molecule has 0 radical (unpaired) electrons. The van der Waals surface area contributed by atoms with Crippen LogP contribution in [0.4, 0.5) is 8.78 Å². The molecule has 2 rings (SSSR count). The molecule has 0 unspecified atom stereocenters. The number of rotatable bonds is 2. The average molecular weight is 272 g/mol. The topological polar surface area (TPSA) is 50.2 Å². The smallest absolute Gasteiger partial charge is 0.280 e. The third-order valence-corrected chi connectivity index (χ3v) is 3.40. The standard InChI is InChI=1S/C12H18F2N4O/c1-12(2)7-15-4-5-18(12)11(19)8-6-9(10(13)14)17(3)16-8/h6,10,15H,4-5,7H2,1-3H3. The molecule has 1 aromatic heterocycles. The minimum absolute atomic E-state index is 0.0766. The van der Waals surface area contributed by atoms with Gasteiger partial charge < -0.3 is 10.2 Å². The summed E-state index contributed by atoms with van der Waals surface area (Å²) in [5.74, 6) is -0.297. The number of nitrogens with zero attached hydrogens (tertiary/aromatic N) is 3. The Labute approximate surface area is 110 Å². The maximum Gasteiger partial charge on any atom is 0.280 e. The lowest BCUT2D eigenvalue weighted by atomic mass is 9.99. The van der Waals surface area contributed by atoms with E-state index >= 15 is 0 Å². The molecular formula is C12H18F2N4O. The van der Waals surface area contributed by atoms with Crippen LogP contribution in [0.25, 0.3) is 0 Å². The first-order chi connectivity index (χ1) is 8.83. The Hall–Kier alpha value is -1.50. The molecule has 0 spiro atoms. The van der Waals surface area contributed by atoms with Crippen molar-refractivity contribution in [1.82, 2.24) is 20.0 Å². The Morgan fingerprint density at radius 1 is 1.53 bits per heavy atom. The first-order valence-electron chi connectivity index (χ1n) is 6.18. The van der Waals surface area contributed by atoms with E-state index < -0.39 is 6.43 Å². The van der Waals surface area contributed by atoms with E-state index in [1.54, 1.807) is 4.90 Å². The predicted molar refractivity (Wildman–Crippen MR) is 66.2 cm³/mol. The Morgan fingerprint density at radius 2 is 2.21 bits per heavy atom. The summed E-state index contributed by atoms with van der Waals surface area (Å²) in [5, 5.41) is 7.10. The summed E-state index contributed by atoms with van der Waals surface area (Å²) in [6.07, 6.45) is -2.63. The van der Waals surface area contributed by atoms with Gasteiger partial charge in [-0.05, 0) is 19.9 Å². The molecule has 2 heterocycles. The van der Waals surface area contributed by atoms with Crippen LogP contribution >= 0.6 is 0 Å². The monoisotopic (exact) mass is 272 g/mol. The van der Waals surface area contributed by atoms with Crippen molar-refractivity contribution >= 4 is 5.91 Å². The number of nitrogens with one attached hydrogen (secondary N) is 1. The summed E-state index contributed by atoms with van der Waals surface area (Å²) in [6, 6.07) is 1.17. The second kappa shape index (κ2) is 4.88. The molecular weight excluding hydrogens is 254 g/mol. The highest BCUT2D eigenvalue weighted by Crippen LogP contribution is 2.22. The van der Waals surface area contributed by atoms with Crippen molar-refractivity contribution in [3.8, 4) is 0 Å². The molecule has 106 valence electrons. The molecule has 1 amide bonds. The third-order valence-electron chi connectivity index (χ3n) is 3.40. The Balaban J connectivity index is 2.26. The molecule has 1 aliphatic rings. The molecule has 1 aliphatic heterocycles. The van der Waals surface area contributed by atoms with Gasteiger partial charge in [-0.3, -0.25) is 9.48 Å². The molecule has 0 bridgehead atoms. The van der Waals surface area contributed by atoms with Gasteiger partial charge in [-0.1, -0.05) is 0 Å². The van der Waals surface area contributed by atoms with E-state index in [1.807, 2.05) is 13.8 Å². The Kier molecular flexibility index (Phi) is 3.58. The highest BCUT2D eigenvalue weighted by Gasteiger charge is 2.35. The Bertz CT molecular complexity index is 484. The molecule has 1 fully saturated rings. The number of carbonyl (C=O) groups is 1. The first kappa shape index (κ1) is 13.9. The summed E-state index contributed by atoms with van der Waals surface area (Å²) in [6.45, 7) is 5.80. The van der Waals surface area contributed by atoms with Gasteiger partial charge in [-0.15, -0.1) is 0 Å². The van der Waals surface area contributed by atoms with E-state index in [1.165, 1.54) is 13.1 Å². The fourth-order valence-electron chi connectivity index (χ4n) is 2.29. The summed E-state index contributed by atoms with van der Waals surface area (Å²) in [7, 11) is 1.42. The van der Waals surface area contributed by atoms with Crippen molar-refractivity contribution in [3.05, 3.63) is 17.5 Å². The first-order valence-corrected chi connectivity index (χ1v) is 6.18. The van der Waals surface area contributed by atoms with E-state index in [-0.39, 0.29) is 22.8 Å². The molecule has 0 saturated carbocycles. The molecule has 19 heavy (non-hydrogen) atoms. The lowest BCUT2D eigenvalue weighted by Crippen LogP contribution is -2.59. The summed E-state index contributed by atoms with van der Waals surface area (Å²) in [4.78, 5) is 14.1. The number of hydrogen-bond donors (Lipinski definition) is 1. The zero-order chi connectivity index (χ0) is 14.2. The van der Waals surface area contributed by atoms with E-state index in [0.29, 0.717) is 19.6 Å². The van der Waals surface area contributed by atoms with E-state index in [9.17, 15) is 13.6 Å². The highest BCUT2D eigenvalue weighted by atomic mass is 19.3. The minimum atomic E-state index is -2.63. The fraction of sp³-hybridized carbons (Fsp3) is 0.667. The third kappa shape index (κ3) is 2.60. The van der Waals surface area contributed by atoms with E-state index in [4.69, 9.17) is 0 Å². The van der Waals surface area contributed by atoms with Gasteiger partial charge in [0.25, 0.3) is 12.3 Å². The molecule has 1 aromatic rings. The van der Waals surface area contributed by atoms with Crippen LogP contribution in [0.1, 0.15) is 36.5 Å². The van der Waals surface area contributed by atoms with Crippen molar-refractivity contribution in [2.75, 3.05) is 19.6 Å². The quantitative estimate of drug-likeness (QED) is 0.879. The SMILES string of the molecule is Cn1nc(C(=O)N2CCNCC2(C)C)cc1C(F)F. The lowest BCUT2D eigenvalue weighted by molar-refractivity contribution is 0.0470. The predicted octanol–water partition coefficient (Wildman–Crippen LogP) is 1.18. The van der Waals surface area contributed by atoms with Gasteiger partial charge in [0, 0.05) is 26.7 Å². The van der Waals surface area contributed by atoms with Crippen LogP contribution in [0, 0.1) is 0 Å². The number of aryl methyl sites for hydroxylation is 1. The number of piperazine rings is 1. The molecule has 1 N–H and O–H groups in total. The number of alkyl halides is 2. The number of hydrogen-bond acceptors (Lipinski definition) is 3. The molecule has 1 saturated heterocycles. The van der Waals surface area contributed by atoms with Crippen LogP contribution in [-0.4, -0.2) is 45.8 Å². The van der Waals surface area contributed by atoms with Crippen molar-refractivity contribution in [2.45, 2.75) is 25.8 Å². The Morgan fingerprint density at radius 3 is 2.74 bits per heavy atom. The van der Waals surface area contributed by atoms with E-state index in [2.05, 4.69) is 10.4 Å². The van der Waals surface area contributed by atoms with Crippen molar-refractivity contribution < 1.29 is 13.6 Å². The van der Waals surface area contributed by atoms with Crippen LogP contribution in [0.5, 0.6) is 0 Å². The maximum atomic E-state index is 12.7. The highest BCUT2D eigenvalue weighted by molar-refractivity contribution is 5.93. The van der Waals surface area contributed by atoms with Crippen molar-refractivity contribution in [2.24, 2.45) is 7.05 Å². The van der Waals surface area contributed by atoms with Crippen LogP contribution in [0.3, 0.4) is 0 Å². The zero-order valence-electron chi connectivity index (χ0n) is 11.3. The van der Waals surface area contributed by atoms with E-state index in [0.717, 1.165) is 4.68 Å². The molecule has 0 aromatic carbocycles. The lowest BCUT2D eigenvalue weighted by Gasteiger charge is -2.42. The summed E-state index contributed by atoms with van der Waals surface area (Å²) < 4.78 is 26.5. The number of halogens is 2. The second-order valence-corrected chi connectivity index (χ2v) is 5.32. The maximum absolute atomic E-state index is 12.7. The van der Waals surface area contributed by atoms with Crippen molar-refractivity contribution in [1.29, 1.82) is 0 Å². The normalized spacial score (nSPS) is 18.9. The number of amides is 1. The van der Waals surface area contributed by atoms with Gasteiger partial charge in [0.2, 0.25) is 0 Å². The van der Waals surface area contributed by atoms with Crippen molar-refractivity contribution in [3.63, 3.8) is 0 Å². The molecule has 5 nitrogen and oxygen atoms in total.